The molecule has 1 unspecified atom stereocenters. The fourth-order valence-electron chi connectivity index (χ4n) is 3.57. The topological polar surface area (TPSA) is 206 Å². The Morgan fingerprint density at radius 2 is 1.86 bits per heavy atom. The van der Waals surface area contributed by atoms with Crippen molar-refractivity contribution in [2.75, 3.05) is 22.1 Å². The Hall–Kier alpha value is -4.79. The van der Waals surface area contributed by atoms with Gasteiger partial charge in [0.2, 0.25) is 5.95 Å². The van der Waals surface area contributed by atoms with Crippen LogP contribution in [0.15, 0.2) is 36.2 Å². The summed E-state index contributed by atoms with van der Waals surface area (Å²) in [5.41, 5.74) is 14.0. The van der Waals surface area contributed by atoms with Gasteiger partial charge in [0.15, 0.2) is 11.6 Å². The number of anilines is 4. The third-order valence-corrected chi connectivity index (χ3v) is 5.35. The van der Waals surface area contributed by atoms with Crippen LogP contribution in [0.5, 0.6) is 0 Å². The highest BCUT2D eigenvalue weighted by Gasteiger charge is 2.23. The van der Waals surface area contributed by atoms with Crippen LogP contribution >= 0.6 is 0 Å². The average Bonchev–Trinajstić information content (AvgIpc) is 2.81. The van der Waals surface area contributed by atoms with Crippen molar-refractivity contribution in [3.05, 3.63) is 47.3 Å². The smallest absolute Gasteiger partial charge is 0.326 e. The van der Waals surface area contributed by atoms with Crippen LogP contribution < -0.4 is 27.4 Å². The molecule has 1 aliphatic heterocycles. The van der Waals surface area contributed by atoms with Gasteiger partial charge >= 0.3 is 11.9 Å². The van der Waals surface area contributed by atoms with Crippen molar-refractivity contribution in [1.82, 2.24) is 15.3 Å². The molecule has 0 saturated carbocycles. The number of amides is 1. The van der Waals surface area contributed by atoms with Gasteiger partial charge in [-0.1, -0.05) is 12.1 Å². The highest BCUT2D eigenvalue weighted by molar-refractivity contribution is 5.96. The molecule has 9 N–H and O–H groups in total. The second-order valence-electron chi connectivity index (χ2n) is 7.86. The number of terminal acetylenes is 1. The Labute approximate surface area is 200 Å². The fraction of sp³-hybridized carbons (Fsp3) is 0.261. The lowest BCUT2D eigenvalue weighted by Gasteiger charge is -2.24. The molecule has 1 aliphatic rings. The van der Waals surface area contributed by atoms with Crippen LogP contribution in [-0.2, 0) is 9.59 Å². The van der Waals surface area contributed by atoms with E-state index in [1.165, 1.54) is 0 Å². The minimum atomic E-state index is -1.31. The number of rotatable bonds is 10. The number of aromatic nitrogens is 2. The van der Waals surface area contributed by atoms with E-state index >= 15 is 0 Å². The fourth-order valence-corrected chi connectivity index (χ4v) is 3.57. The molecule has 1 aromatic carbocycles. The molecule has 2 atom stereocenters. The molecule has 2 heterocycles. The van der Waals surface area contributed by atoms with Gasteiger partial charge in [-0.05, 0) is 30.5 Å². The summed E-state index contributed by atoms with van der Waals surface area (Å²) in [6.07, 6.45) is 7.65. The van der Waals surface area contributed by atoms with Crippen LogP contribution in [0.2, 0.25) is 0 Å². The highest BCUT2D eigenvalue weighted by atomic mass is 16.4. The second-order valence-corrected chi connectivity index (χ2v) is 7.86. The Bertz CT molecular complexity index is 1200. The third-order valence-electron chi connectivity index (χ3n) is 5.35. The third kappa shape index (κ3) is 6.38. The number of nitrogen functional groups attached to an aromatic ring is 2. The SMILES string of the molecule is C#CCC(CC1=CNc2nc(N)nc(N)c2N1)c1ccc(C(=O)N[C@@H](CCC(=O)O)C(=O)O)cc1. The molecular formula is C23H25N7O5. The van der Waals surface area contributed by atoms with E-state index in [1.807, 2.05) is 0 Å². The highest BCUT2D eigenvalue weighted by Crippen LogP contribution is 2.34. The Morgan fingerprint density at radius 3 is 2.49 bits per heavy atom. The molecule has 12 nitrogen and oxygen atoms in total. The first-order valence-corrected chi connectivity index (χ1v) is 10.6. The molecule has 12 heteroatoms. The maximum absolute atomic E-state index is 12.5. The van der Waals surface area contributed by atoms with Crippen LogP contribution in [0.1, 0.15) is 47.5 Å². The van der Waals surface area contributed by atoms with Crippen LogP contribution in [-0.4, -0.2) is 44.1 Å². The number of nitrogens with one attached hydrogen (secondary N) is 3. The molecule has 1 amide bonds. The number of hydrogen-bond acceptors (Lipinski definition) is 9. The summed E-state index contributed by atoms with van der Waals surface area (Å²) in [6.45, 7) is 0. The van der Waals surface area contributed by atoms with E-state index in [4.69, 9.17) is 23.0 Å². The van der Waals surface area contributed by atoms with Crippen LogP contribution in [0.25, 0.3) is 0 Å². The van der Waals surface area contributed by atoms with E-state index in [9.17, 15) is 19.5 Å². The van der Waals surface area contributed by atoms with Crippen molar-refractivity contribution in [3.8, 4) is 12.3 Å². The first-order valence-electron chi connectivity index (χ1n) is 10.6. The predicted octanol–water partition coefficient (Wildman–Crippen LogP) is 1.56. The van der Waals surface area contributed by atoms with Gasteiger partial charge in [-0.25, -0.2) is 4.79 Å². The van der Waals surface area contributed by atoms with Crippen molar-refractivity contribution < 1.29 is 24.6 Å². The molecule has 0 aliphatic carbocycles. The van der Waals surface area contributed by atoms with Gasteiger partial charge < -0.3 is 37.6 Å². The zero-order chi connectivity index (χ0) is 25.5. The molecule has 0 bridgehead atoms. The summed E-state index contributed by atoms with van der Waals surface area (Å²) < 4.78 is 0. The van der Waals surface area contributed by atoms with Gasteiger partial charge in [0, 0.05) is 36.2 Å². The summed E-state index contributed by atoms with van der Waals surface area (Å²) in [6, 6.07) is 5.31. The maximum atomic E-state index is 12.5. The zero-order valence-electron chi connectivity index (χ0n) is 18.6. The molecule has 35 heavy (non-hydrogen) atoms. The molecule has 0 saturated heterocycles. The summed E-state index contributed by atoms with van der Waals surface area (Å²) >= 11 is 0. The van der Waals surface area contributed by atoms with E-state index in [1.54, 1.807) is 30.5 Å². The van der Waals surface area contributed by atoms with Crippen molar-refractivity contribution in [2.45, 2.75) is 37.6 Å². The molecular weight excluding hydrogens is 454 g/mol. The quantitative estimate of drug-likeness (QED) is 0.243. The van der Waals surface area contributed by atoms with Crippen LogP contribution in [0, 0.1) is 12.3 Å². The van der Waals surface area contributed by atoms with Gasteiger partial charge in [0.25, 0.3) is 5.91 Å². The summed E-state index contributed by atoms with van der Waals surface area (Å²) in [4.78, 5) is 42.6. The number of carbonyl (C=O) groups is 3. The summed E-state index contributed by atoms with van der Waals surface area (Å²) in [5.74, 6) is 0.221. The van der Waals surface area contributed by atoms with Crippen molar-refractivity contribution >= 4 is 41.1 Å². The van der Waals surface area contributed by atoms with E-state index in [-0.39, 0.29) is 36.1 Å². The summed E-state index contributed by atoms with van der Waals surface area (Å²) in [7, 11) is 0. The normalized spacial score (nSPS) is 13.6. The number of benzene rings is 1. The second kappa shape index (κ2) is 10.9. The number of hydrogen-bond donors (Lipinski definition) is 7. The standard InChI is InChI=1S/C23H25N7O5/c1-2-3-14(10-15-11-26-20-18(27-15)19(24)29-23(25)30-20)12-4-6-13(7-5-12)21(33)28-16(22(34)35)8-9-17(31)32/h1,4-7,11,14,16,27H,3,8-10H2,(H,28,33)(H,31,32)(H,34,35)(H5,24,25,26,29,30)/t14?,16-/m0/s1. The molecule has 0 spiro atoms. The minimum Gasteiger partial charge on any atom is -0.481 e. The zero-order valence-corrected chi connectivity index (χ0v) is 18.6. The number of aliphatic carboxylic acids is 2. The summed E-state index contributed by atoms with van der Waals surface area (Å²) in [5, 5.41) is 26.6. The van der Waals surface area contributed by atoms with E-state index in [0.717, 1.165) is 11.3 Å². The largest absolute Gasteiger partial charge is 0.481 e. The van der Waals surface area contributed by atoms with Crippen LogP contribution in [0.4, 0.5) is 23.3 Å². The number of allylic oxidation sites excluding steroid dienone is 1. The number of nitrogens with two attached hydrogens (primary N) is 2. The van der Waals surface area contributed by atoms with E-state index in [0.29, 0.717) is 24.3 Å². The molecule has 0 radical (unpaired) electrons. The Kier molecular flexibility index (Phi) is 7.73. The maximum Gasteiger partial charge on any atom is 0.326 e. The first kappa shape index (κ1) is 24.8. The van der Waals surface area contributed by atoms with Crippen molar-refractivity contribution in [3.63, 3.8) is 0 Å². The van der Waals surface area contributed by atoms with E-state index < -0.39 is 23.9 Å². The van der Waals surface area contributed by atoms with Gasteiger partial charge in [-0.2, -0.15) is 9.97 Å². The Balaban J connectivity index is 1.69. The minimum absolute atomic E-state index is 0.0540. The van der Waals surface area contributed by atoms with Gasteiger partial charge in [0.05, 0.1) is 0 Å². The first-order chi connectivity index (χ1) is 16.7. The molecule has 2 aromatic rings. The van der Waals surface area contributed by atoms with Crippen molar-refractivity contribution in [2.24, 2.45) is 0 Å². The number of carboxylic acid groups (broad SMARTS) is 2. The predicted molar refractivity (Wildman–Crippen MR) is 129 cm³/mol. The number of fused-ring (bicyclic) bond motifs is 1. The number of carboxylic acids is 2. The van der Waals surface area contributed by atoms with E-state index in [2.05, 4.69) is 31.8 Å². The molecule has 3 rings (SSSR count). The monoisotopic (exact) mass is 479 g/mol. The molecule has 182 valence electrons. The lowest BCUT2D eigenvalue weighted by Crippen LogP contribution is -2.41. The lowest BCUT2D eigenvalue weighted by atomic mass is 9.90. The Morgan fingerprint density at radius 1 is 1.14 bits per heavy atom. The number of nitrogens with zero attached hydrogens (tertiary/aromatic N) is 2. The van der Waals surface area contributed by atoms with Crippen LogP contribution in [0.3, 0.4) is 0 Å². The van der Waals surface area contributed by atoms with Gasteiger partial charge in [0.1, 0.15) is 11.7 Å². The van der Waals surface area contributed by atoms with Gasteiger partial charge in [-0.3, -0.25) is 9.59 Å². The van der Waals surface area contributed by atoms with Gasteiger partial charge in [-0.15, -0.1) is 12.3 Å². The molecule has 1 aromatic heterocycles. The van der Waals surface area contributed by atoms with Crippen molar-refractivity contribution in [1.29, 1.82) is 0 Å². The lowest BCUT2D eigenvalue weighted by molar-refractivity contribution is -0.140. The number of carbonyl (C=O) groups excluding carboxylic acids is 1. The molecule has 0 fully saturated rings. The average molecular weight is 479 g/mol.